The first-order valence-electron chi connectivity index (χ1n) is 4.92. The fourth-order valence-electron chi connectivity index (χ4n) is 1.24. The van der Waals surface area contributed by atoms with E-state index in [9.17, 15) is 0 Å². The van der Waals surface area contributed by atoms with Gasteiger partial charge in [0.2, 0.25) is 0 Å². The van der Waals surface area contributed by atoms with Crippen molar-refractivity contribution in [2.45, 2.75) is 31.5 Å². The van der Waals surface area contributed by atoms with Crippen molar-refractivity contribution in [1.82, 2.24) is 4.98 Å². The highest BCUT2D eigenvalue weighted by Gasteiger charge is 2.13. The van der Waals surface area contributed by atoms with Gasteiger partial charge >= 0.3 is 0 Å². The van der Waals surface area contributed by atoms with Gasteiger partial charge in [-0.05, 0) is 18.9 Å². The predicted molar refractivity (Wildman–Crippen MR) is 66.0 cm³/mol. The highest BCUT2D eigenvalue weighted by molar-refractivity contribution is 9.09. The Morgan fingerprint density at radius 3 is 2.86 bits per heavy atom. The van der Waals surface area contributed by atoms with Crippen LogP contribution in [0, 0.1) is 5.92 Å². The minimum absolute atomic E-state index is 0.402. The van der Waals surface area contributed by atoms with Crippen LogP contribution < -0.4 is 5.73 Å². The van der Waals surface area contributed by atoms with Crippen LogP contribution in [0.3, 0.4) is 0 Å². The largest absolute Gasteiger partial charge is 0.330 e. The summed E-state index contributed by atoms with van der Waals surface area (Å²) in [5.41, 5.74) is 6.61. The molecule has 0 fully saturated rings. The molecule has 1 rings (SSSR count). The Bertz CT molecular complexity index is 273. The molecule has 14 heavy (non-hydrogen) atoms. The molecule has 4 heteroatoms. The number of thiazole rings is 1. The second kappa shape index (κ2) is 5.83. The van der Waals surface area contributed by atoms with Crippen molar-refractivity contribution >= 4 is 27.3 Å². The molecule has 0 aliphatic carbocycles. The van der Waals surface area contributed by atoms with Crippen LogP contribution >= 0.6 is 27.3 Å². The number of alkyl halides is 1. The zero-order valence-corrected chi connectivity index (χ0v) is 11.1. The topological polar surface area (TPSA) is 38.9 Å². The van der Waals surface area contributed by atoms with Crippen LogP contribution in [0.2, 0.25) is 0 Å². The monoisotopic (exact) mass is 276 g/mol. The average Bonchev–Trinajstić information content (AvgIpc) is 2.52. The smallest absolute Gasteiger partial charge is 0.106 e. The molecule has 0 amide bonds. The van der Waals surface area contributed by atoms with E-state index in [4.69, 9.17) is 5.73 Å². The van der Waals surface area contributed by atoms with E-state index in [2.05, 4.69) is 40.1 Å². The molecule has 0 saturated heterocycles. The maximum Gasteiger partial charge on any atom is 0.106 e. The highest BCUT2D eigenvalue weighted by atomic mass is 79.9. The molecular weight excluding hydrogens is 260 g/mol. The quantitative estimate of drug-likeness (QED) is 0.840. The molecule has 1 atom stereocenters. The van der Waals surface area contributed by atoms with Gasteiger partial charge in [-0.25, -0.2) is 4.98 Å². The van der Waals surface area contributed by atoms with Crippen LogP contribution in [0.25, 0.3) is 0 Å². The minimum Gasteiger partial charge on any atom is -0.330 e. The molecule has 1 aromatic rings. The third kappa shape index (κ3) is 3.67. The zero-order valence-electron chi connectivity index (χ0n) is 8.66. The van der Waals surface area contributed by atoms with Gasteiger partial charge in [-0.15, -0.1) is 11.3 Å². The van der Waals surface area contributed by atoms with Gasteiger partial charge in [-0.1, -0.05) is 29.8 Å². The van der Waals surface area contributed by atoms with E-state index in [1.165, 1.54) is 5.01 Å². The van der Waals surface area contributed by atoms with Gasteiger partial charge in [0.25, 0.3) is 0 Å². The Balaban J connectivity index is 2.57. The molecule has 0 aromatic carbocycles. The number of hydrogen-bond donors (Lipinski definition) is 1. The molecule has 0 bridgehead atoms. The van der Waals surface area contributed by atoms with E-state index in [0.29, 0.717) is 17.3 Å². The van der Waals surface area contributed by atoms with Crippen LogP contribution in [-0.2, 0) is 6.42 Å². The lowest BCUT2D eigenvalue weighted by atomic mass is 10.1. The molecule has 1 heterocycles. The van der Waals surface area contributed by atoms with Gasteiger partial charge in [-0.3, -0.25) is 0 Å². The van der Waals surface area contributed by atoms with Gasteiger partial charge in [0.05, 0.1) is 10.5 Å². The number of hydrogen-bond acceptors (Lipinski definition) is 3. The summed E-state index contributed by atoms with van der Waals surface area (Å²) in [5, 5.41) is 3.29. The number of rotatable bonds is 5. The lowest BCUT2D eigenvalue weighted by Crippen LogP contribution is -2.03. The molecule has 80 valence electrons. The Morgan fingerprint density at radius 2 is 2.29 bits per heavy atom. The highest BCUT2D eigenvalue weighted by Crippen LogP contribution is 2.31. The summed E-state index contributed by atoms with van der Waals surface area (Å²) in [5.74, 6) is 0.696. The van der Waals surface area contributed by atoms with Crippen LogP contribution in [0.1, 0.15) is 35.8 Å². The van der Waals surface area contributed by atoms with Crippen molar-refractivity contribution in [2.75, 3.05) is 6.54 Å². The molecule has 0 spiro atoms. The SMILES string of the molecule is CC(C)CC(Br)c1nc(CCN)cs1. The van der Waals surface area contributed by atoms with Gasteiger partial charge in [0.15, 0.2) is 0 Å². The van der Waals surface area contributed by atoms with Crippen molar-refractivity contribution in [3.63, 3.8) is 0 Å². The van der Waals surface area contributed by atoms with Crippen molar-refractivity contribution in [2.24, 2.45) is 11.7 Å². The summed E-state index contributed by atoms with van der Waals surface area (Å²) in [6.45, 7) is 5.13. The maximum atomic E-state index is 5.48. The first-order chi connectivity index (χ1) is 6.63. The van der Waals surface area contributed by atoms with E-state index in [0.717, 1.165) is 18.5 Å². The molecular formula is C10H17BrN2S. The summed E-state index contributed by atoms with van der Waals surface area (Å²) >= 11 is 5.39. The van der Waals surface area contributed by atoms with Gasteiger partial charge in [0, 0.05) is 11.8 Å². The number of halogens is 1. The Kier molecular flexibility index (Phi) is 5.06. The molecule has 0 aliphatic heterocycles. The van der Waals surface area contributed by atoms with Crippen molar-refractivity contribution in [3.05, 3.63) is 16.1 Å². The van der Waals surface area contributed by atoms with Gasteiger partial charge < -0.3 is 5.73 Å². The summed E-state index contributed by atoms with van der Waals surface area (Å²) in [6, 6.07) is 0. The molecule has 0 aliphatic rings. The normalized spacial score (nSPS) is 13.5. The third-order valence-electron chi connectivity index (χ3n) is 1.92. The van der Waals surface area contributed by atoms with Crippen LogP contribution in [0.4, 0.5) is 0 Å². The second-order valence-electron chi connectivity index (χ2n) is 3.81. The number of nitrogens with zero attached hydrogens (tertiary/aromatic N) is 1. The molecule has 2 nitrogen and oxygen atoms in total. The van der Waals surface area contributed by atoms with Crippen LogP contribution in [0.15, 0.2) is 5.38 Å². The first-order valence-corrected chi connectivity index (χ1v) is 6.71. The van der Waals surface area contributed by atoms with E-state index in [1.54, 1.807) is 11.3 Å². The van der Waals surface area contributed by atoms with Gasteiger partial charge in [0.1, 0.15) is 5.01 Å². The molecule has 2 N–H and O–H groups in total. The van der Waals surface area contributed by atoms with E-state index in [-0.39, 0.29) is 0 Å². The van der Waals surface area contributed by atoms with Crippen LogP contribution in [-0.4, -0.2) is 11.5 Å². The Labute approximate surface area is 98.1 Å². The summed E-state index contributed by atoms with van der Waals surface area (Å²) in [4.78, 5) is 4.95. The molecule has 1 unspecified atom stereocenters. The lowest BCUT2D eigenvalue weighted by molar-refractivity contribution is 0.582. The molecule has 0 radical (unpaired) electrons. The number of nitrogens with two attached hydrogens (primary N) is 1. The van der Waals surface area contributed by atoms with Crippen molar-refractivity contribution < 1.29 is 0 Å². The average molecular weight is 277 g/mol. The third-order valence-corrected chi connectivity index (χ3v) is 4.03. The first kappa shape index (κ1) is 12.1. The fourth-order valence-corrected chi connectivity index (χ4v) is 3.26. The van der Waals surface area contributed by atoms with E-state index >= 15 is 0 Å². The zero-order chi connectivity index (χ0) is 10.6. The Hall–Kier alpha value is 0.0700. The van der Waals surface area contributed by atoms with Gasteiger partial charge in [-0.2, -0.15) is 0 Å². The predicted octanol–water partition coefficient (Wildman–Crippen LogP) is 3.13. The summed E-state index contributed by atoms with van der Waals surface area (Å²) < 4.78 is 0. The fraction of sp³-hybridized carbons (Fsp3) is 0.700. The Morgan fingerprint density at radius 1 is 1.57 bits per heavy atom. The van der Waals surface area contributed by atoms with Crippen molar-refractivity contribution in [3.8, 4) is 0 Å². The van der Waals surface area contributed by atoms with E-state index in [1.807, 2.05) is 0 Å². The maximum absolute atomic E-state index is 5.48. The molecule has 0 saturated carbocycles. The minimum atomic E-state index is 0.402. The van der Waals surface area contributed by atoms with Crippen LogP contribution in [0.5, 0.6) is 0 Å². The standard InChI is InChI=1S/C10H17BrN2S/c1-7(2)5-9(11)10-13-8(3-4-12)6-14-10/h6-7,9H,3-5,12H2,1-2H3. The van der Waals surface area contributed by atoms with E-state index < -0.39 is 0 Å². The summed E-state index contributed by atoms with van der Waals surface area (Å²) in [6.07, 6.45) is 2.02. The molecule has 1 aromatic heterocycles. The second-order valence-corrected chi connectivity index (χ2v) is 5.81. The van der Waals surface area contributed by atoms with Crippen molar-refractivity contribution in [1.29, 1.82) is 0 Å². The summed E-state index contributed by atoms with van der Waals surface area (Å²) in [7, 11) is 0. The lowest BCUT2D eigenvalue weighted by Gasteiger charge is -2.08. The number of aromatic nitrogens is 1.